The molecule has 8 nitrogen and oxygen atoms in total. The third kappa shape index (κ3) is 5.54. The lowest BCUT2D eigenvalue weighted by Gasteiger charge is -2.27. The van der Waals surface area contributed by atoms with Crippen molar-refractivity contribution < 1.29 is 38.1 Å². The molecule has 23 heavy (non-hydrogen) atoms. The Morgan fingerprint density at radius 3 is 1.70 bits per heavy atom. The molecule has 1 saturated carbocycles. The lowest BCUT2D eigenvalue weighted by Crippen LogP contribution is -2.42. The van der Waals surface area contributed by atoms with Crippen LogP contribution in [0.15, 0.2) is 0 Å². The van der Waals surface area contributed by atoms with Crippen LogP contribution in [-0.4, -0.2) is 48.3 Å². The Balaban J connectivity index is 3.06. The van der Waals surface area contributed by atoms with E-state index >= 15 is 0 Å². The van der Waals surface area contributed by atoms with Gasteiger partial charge in [-0.25, -0.2) is 0 Å². The predicted molar refractivity (Wildman–Crippen MR) is 76.0 cm³/mol. The predicted octanol–water partition coefficient (Wildman–Crippen LogP) is 0.753. The fraction of sp³-hybridized carbons (Fsp3) is 0.733. The van der Waals surface area contributed by atoms with Crippen molar-refractivity contribution in [2.45, 2.75) is 65.5 Å². The summed E-state index contributed by atoms with van der Waals surface area (Å²) in [6.07, 6.45) is -2.94. The molecule has 5 atom stereocenters. The monoisotopic (exact) mass is 330 g/mol. The van der Waals surface area contributed by atoms with Crippen LogP contribution in [0.2, 0.25) is 0 Å². The Kier molecular flexibility index (Phi) is 6.53. The molecular formula is C15H22O8. The normalized spacial score (nSPS) is 27.7. The third-order valence-corrected chi connectivity index (χ3v) is 3.49. The minimum absolute atomic E-state index is 0.240. The summed E-state index contributed by atoms with van der Waals surface area (Å²) in [5.74, 6) is -2.66. The molecule has 0 saturated heterocycles. The molecule has 0 aliphatic heterocycles. The van der Waals surface area contributed by atoms with Crippen molar-refractivity contribution in [3.05, 3.63) is 0 Å². The van der Waals surface area contributed by atoms with Gasteiger partial charge in [-0.3, -0.25) is 19.2 Å². The zero-order valence-corrected chi connectivity index (χ0v) is 13.9. The van der Waals surface area contributed by atoms with Gasteiger partial charge in [-0.05, 0) is 13.3 Å². The molecule has 1 aliphatic rings. The summed E-state index contributed by atoms with van der Waals surface area (Å²) < 4.78 is 20.8. The van der Waals surface area contributed by atoms with Crippen LogP contribution in [0.25, 0.3) is 0 Å². The maximum absolute atomic E-state index is 11.4. The summed E-state index contributed by atoms with van der Waals surface area (Å²) in [5, 5.41) is 0. The standard InChI is InChI=1S/C15H22O8/c1-7(20-8(2)16)12-6-13(21-9(3)17)15(23-11(5)19)14(12)22-10(4)18/h7,12-15H,6H2,1-5H3/t7-,12+,13+,14+,15+/m0/s1. The van der Waals surface area contributed by atoms with E-state index in [2.05, 4.69) is 0 Å². The van der Waals surface area contributed by atoms with Gasteiger partial charge < -0.3 is 18.9 Å². The summed E-state index contributed by atoms with van der Waals surface area (Å²) in [6, 6.07) is 0. The van der Waals surface area contributed by atoms with Crippen molar-refractivity contribution in [3.8, 4) is 0 Å². The first-order chi connectivity index (χ1) is 10.6. The molecule has 130 valence electrons. The van der Waals surface area contributed by atoms with Gasteiger partial charge in [0.25, 0.3) is 0 Å². The van der Waals surface area contributed by atoms with Crippen molar-refractivity contribution in [1.82, 2.24) is 0 Å². The first-order valence-corrected chi connectivity index (χ1v) is 7.30. The highest BCUT2D eigenvalue weighted by Crippen LogP contribution is 2.37. The van der Waals surface area contributed by atoms with Crippen LogP contribution in [0.5, 0.6) is 0 Å². The average Bonchev–Trinajstić information content (AvgIpc) is 2.65. The molecule has 0 aromatic heterocycles. The zero-order chi connectivity index (χ0) is 17.7. The molecule has 0 N–H and O–H groups in total. The number of carbonyl (C=O) groups excluding carboxylic acids is 4. The van der Waals surface area contributed by atoms with Gasteiger partial charge in [0, 0.05) is 33.6 Å². The van der Waals surface area contributed by atoms with Gasteiger partial charge in [0.05, 0.1) is 0 Å². The molecule has 0 amide bonds. The van der Waals surface area contributed by atoms with Crippen LogP contribution >= 0.6 is 0 Å². The Bertz CT molecular complexity index is 486. The molecular weight excluding hydrogens is 308 g/mol. The SMILES string of the molecule is CC(=O)O[C@@H]1[C@@H]([C@H](C)OC(C)=O)C[C@@H](OC(C)=O)[C@H]1OC(C)=O. The second kappa shape index (κ2) is 7.94. The lowest BCUT2D eigenvalue weighted by molar-refractivity contribution is -0.177. The minimum Gasteiger partial charge on any atom is -0.462 e. The maximum atomic E-state index is 11.4. The Labute approximate surface area is 134 Å². The number of carbonyl (C=O) groups is 4. The molecule has 1 fully saturated rings. The molecule has 0 radical (unpaired) electrons. The van der Waals surface area contributed by atoms with E-state index in [1.807, 2.05) is 0 Å². The smallest absolute Gasteiger partial charge is 0.303 e. The highest BCUT2D eigenvalue weighted by atomic mass is 16.6. The minimum atomic E-state index is -0.941. The Morgan fingerprint density at radius 1 is 0.783 bits per heavy atom. The van der Waals surface area contributed by atoms with Crippen molar-refractivity contribution in [1.29, 1.82) is 0 Å². The van der Waals surface area contributed by atoms with E-state index in [9.17, 15) is 19.2 Å². The molecule has 0 heterocycles. The maximum Gasteiger partial charge on any atom is 0.303 e. The Morgan fingerprint density at radius 2 is 1.26 bits per heavy atom. The number of esters is 4. The van der Waals surface area contributed by atoms with Gasteiger partial charge in [0.15, 0.2) is 6.10 Å². The number of hydrogen-bond acceptors (Lipinski definition) is 8. The average molecular weight is 330 g/mol. The van der Waals surface area contributed by atoms with Gasteiger partial charge in [0.2, 0.25) is 0 Å². The van der Waals surface area contributed by atoms with E-state index < -0.39 is 54.2 Å². The molecule has 8 heteroatoms. The first-order valence-electron chi connectivity index (χ1n) is 7.30. The van der Waals surface area contributed by atoms with Crippen molar-refractivity contribution in [3.63, 3.8) is 0 Å². The van der Waals surface area contributed by atoms with Crippen molar-refractivity contribution >= 4 is 23.9 Å². The highest BCUT2D eigenvalue weighted by Gasteiger charge is 2.52. The van der Waals surface area contributed by atoms with Crippen LogP contribution in [-0.2, 0) is 38.1 Å². The van der Waals surface area contributed by atoms with E-state index in [0.717, 1.165) is 0 Å². The largest absolute Gasteiger partial charge is 0.462 e. The summed E-state index contributed by atoms with van der Waals surface area (Å²) in [5.41, 5.74) is 0. The van der Waals surface area contributed by atoms with Gasteiger partial charge >= 0.3 is 23.9 Å². The molecule has 0 aromatic rings. The highest BCUT2D eigenvalue weighted by molar-refractivity contribution is 5.69. The van der Waals surface area contributed by atoms with E-state index in [4.69, 9.17) is 18.9 Å². The summed E-state index contributed by atoms with van der Waals surface area (Å²) >= 11 is 0. The molecule has 0 bridgehead atoms. The lowest BCUT2D eigenvalue weighted by atomic mass is 9.99. The van der Waals surface area contributed by atoms with E-state index in [-0.39, 0.29) is 6.42 Å². The topological polar surface area (TPSA) is 105 Å². The zero-order valence-electron chi connectivity index (χ0n) is 13.9. The van der Waals surface area contributed by atoms with Crippen LogP contribution in [0.1, 0.15) is 41.0 Å². The van der Waals surface area contributed by atoms with Crippen LogP contribution in [0.4, 0.5) is 0 Å². The second-order valence-corrected chi connectivity index (χ2v) is 5.51. The third-order valence-electron chi connectivity index (χ3n) is 3.49. The summed E-state index contributed by atoms with van der Waals surface area (Å²) in [6.45, 7) is 6.56. The van der Waals surface area contributed by atoms with E-state index in [1.54, 1.807) is 6.92 Å². The van der Waals surface area contributed by atoms with Gasteiger partial charge in [0.1, 0.15) is 18.3 Å². The fourth-order valence-corrected chi connectivity index (χ4v) is 2.81. The van der Waals surface area contributed by atoms with Crippen LogP contribution in [0, 0.1) is 5.92 Å². The van der Waals surface area contributed by atoms with E-state index in [0.29, 0.717) is 0 Å². The number of ether oxygens (including phenoxy) is 4. The van der Waals surface area contributed by atoms with Gasteiger partial charge in [-0.2, -0.15) is 0 Å². The first kappa shape index (κ1) is 18.9. The van der Waals surface area contributed by atoms with Gasteiger partial charge in [-0.1, -0.05) is 0 Å². The molecule has 1 aliphatic carbocycles. The summed E-state index contributed by atoms with van der Waals surface area (Å²) in [4.78, 5) is 45.1. The second-order valence-electron chi connectivity index (χ2n) is 5.51. The van der Waals surface area contributed by atoms with Crippen molar-refractivity contribution in [2.24, 2.45) is 5.92 Å². The fourth-order valence-electron chi connectivity index (χ4n) is 2.81. The van der Waals surface area contributed by atoms with E-state index in [1.165, 1.54) is 27.7 Å². The molecule has 0 unspecified atom stereocenters. The molecule has 0 aromatic carbocycles. The number of hydrogen-bond donors (Lipinski definition) is 0. The number of rotatable bonds is 5. The van der Waals surface area contributed by atoms with Gasteiger partial charge in [-0.15, -0.1) is 0 Å². The molecule has 0 spiro atoms. The van der Waals surface area contributed by atoms with Crippen molar-refractivity contribution in [2.75, 3.05) is 0 Å². The summed E-state index contributed by atoms with van der Waals surface area (Å²) in [7, 11) is 0. The van der Waals surface area contributed by atoms with Crippen LogP contribution in [0.3, 0.4) is 0 Å². The van der Waals surface area contributed by atoms with Crippen LogP contribution < -0.4 is 0 Å². The molecule has 1 rings (SSSR count). The quantitative estimate of drug-likeness (QED) is 0.537. The Hall–Kier alpha value is -2.12.